The van der Waals surface area contributed by atoms with E-state index in [2.05, 4.69) is 5.32 Å². The first-order valence-corrected chi connectivity index (χ1v) is 9.41. The van der Waals surface area contributed by atoms with Crippen LogP contribution in [0, 0.1) is 0 Å². The summed E-state index contributed by atoms with van der Waals surface area (Å²) in [6.45, 7) is 0.501. The minimum atomic E-state index is -0.557. The third-order valence-electron chi connectivity index (χ3n) is 4.73. The Kier molecular flexibility index (Phi) is 5.15. The minimum Gasteiger partial charge on any atom is -0.354 e. The zero-order valence-corrected chi connectivity index (χ0v) is 14.8. The van der Waals surface area contributed by atoms with Gasteiger partial charge in [0.2, 0.25) is 11.8 Å². The number of imide groups is 1. The number of carbonyl (C=O) groups is 3. The lowest BCUT2D eigenvalue weighted by molar-refractivity contribution is -0.128. The summed E-state index contributed by atoms with van der Waals surface area (Å²) in [5.41, 5.74) is 0.382. The SMILES string of the molecule is O=C1CSC(=O)N1CCNC(=O)C1(c2cccc(Cl)c2)CCCC1. The summed E-state index contributed by atoms with van der Waals surface area (Å²) in [4.78, 5) is 37.2. The monoisotopic (exact) mass is 366 g/mol. The van der Waals surface area contributed by atoms with Crippen LogP contribution in [0.3, 0.4) is 0 Å². The summed E-state index contributed by atoms with van der Waals surface area (Å²) < 4.78 is 0. The number of carbonyl (C=O) groups excluding carboxylic acids is 3. The number of rotatable bonds is 5. The molecule has 1 aromatic carbocycles. The van der Waals surface area contributed by atoms with Gasteiger partial charge in [-0.1, -0.05) is 48.3 Å². The van der Waals surface area contributed by atoms with Gasteiger partial charge in [-0.15, -0.1) is 0 Å². The molecule has 1 aromatic rings. The van der Waals surface area contributed by atoms with Gasteiger partial charge in [-0.05, 0) is 30.5 Å². The summed E-state index contributed by atoms with van der Waals surface area (Å²) in [6, 6.07) is 7.47. The van der Waals surface area contributed by atoms with Crippen molar-refractivity contribution in [3.63, 3.8) is 0 Å². The van der Waals surface area contributed by atoms with E-state index < -0.39 is 5.41 Å². The highest BCUT2D eigenvalue weighted by molar-refractivity contribution is 8.14. The molecule has 7 heteroatoms. The predicted octanol–water partition coefficient (Wildman–Crippen LogP) is 2.96. The molecule has 0 aromatic heterocycles. The Bertz CT molecular complexity index is 658. The summed E-state index contributed by atoms with van der Waals surface area (Å²) in [6.07, 6.45) is 3.58. The first-order chi connectivity index (χ1) is 11.5. The quantitative estimate of drug-likeness (QED) is 0.870. The Balaban J connectivity index is 1.67. The highest BCUT2D eigenvalue weighted by Gasteiger charge is 2.42. The lowest BCUT2D eigenvalue weighted by atomic mass is 9.78. The van der Waals surface area contributed by atoms with Gasteiger partial charge in [0.25, 0.3) is 5.24 Å². The van der Waals surface area contributed by atoms with Crippen molar-refractivity contribution in [3.8, 4) is 0 Å². The number of thioether (sulfide) groups is 1. The van der Waals surface area contributed by atoms with Crippen molar-refractivity contribution in [2.45, 2.75) is 31.1 Å². The third kappa shape index (κ3) is 3.30. The number of hydrogen-bond acceptors (Lipinski definition) is 4. The largest absolute Gasteiger partial charge is 0.354 e. The van der Waals surface area contributed by atoms with E-state index >= 15 is 0 Å². The molecule has 2 fully saturated rings. The average molecular weight is 367 g/mol. The van der Waals surface area contributed by atoms with Gasteiger partial charge in [0.1, 0.15) is 0 Å². The second-order valence-corrected chi connectivity index (χ2v) is 7.52. The van der Waals surface area contributed by atoms with Crippen LogP contribution < -0.4 is 5.32 Å². The maximum Gasteiger partial charge on any atom is 0.288 e. The Labute approximate surface area is 150 Å². The Morgan fingerprint density at radius 2 is 2.04 bits per heavy atom. The normalized spacial score (nSPS) is 19.8. The molecule has 1 N–H and O–H groups in total. The van der Waals surface area contributed by atoms with E-state index in [9.17, 15) is 14.4 Å². The van der Waals surface area contributed by atoms with Crippen LogP contribution in [0.15, 0.2) is 24.3 Å². The lowest BCUT2D eigenvalue weighted by Crippen LogP contribution is -2.45. The highest BCUT2D eigenvalue weighted by Crippen LogP contribution is 2.42. The van der Waals surface area contributed by atoms with Gasteiger partial charge < -0.3 is 5.32 Å². The topological polar surface area (TPSA) is 66.5 Å². The third-order valence-corrected chi connectivity index (χ3v) is 5.82. The van der Waals surface area contributed by atoms with Crippen LogP contribution in [0.2, 0.25) is 5.02 Å². The maximum absolute atomic E-state index is 12.9. The molecule has 0 unspecified atom stereocenters. The molecule has 2 aliphatic rings. The van der Waals surface area contributed by atoms with E-state index in [-0.39, 0.29) is 35.9 Å². The van der Waals surface area contributed by atoms with Gasteiger partial charge >= 0.3 is 0 Å². The molecule has 3 rings (SSSR count). The van der Waals surface area contributed by atoms with Crippen molar-refractivity contribution in [3.05, 3.63) is 34.9 Å². The average Bonchev–Trinajstić information content (AvgIpc) is 3.17. The summed E-state index contributed by atoms with van der Waals surface area (Å²) in [5, 5.41) is 3.30. The second kappa shape index (κ2) is 7.15. The molecule has 1 aliphatic carbocycles. The van der Waals surface area contributed by atoms with Crippen LogP contribution >= 0.6 is 23.4 Å². The Hall–Kier alpha value is -1.53. The molecular formula is C17H19ClN2O3S. The van der Waals surface area contributed by atoms with E-state index in [1.54, 1.807) is 6.07 Å². The number of amides is 3. The fourth-order valence-electron chi connectivity index (χ4n) is 3.46. The lowest BCUT2D eigenvalue weighted by Gasteiger charge is -2.29. The van der Waals surface area contributed by atoms with Crippen LogP contribution in [0.1, 0.15) is 31.2 Å². The van der Waals surface area contributed by atoms with Crippen LogP contribution in [-0.2, 0) is 15.0 Å². The van der Waals surface area contributed by atoms with Crippen molar-refractivity contribution in [1.29, 1.82) is 0 Å². The molecule has 1 aliphatic heterocycles. The molecule has 1 saturated heterocycles. The first-order valence-electron chi connectivity index (χ1n) is 8.04. The molecule has 24 heavy (non-hydrogen) atoms. The fourth-order valence-corrected chi connectivity index (χ4v) is 4.40. The van der Waals surface area contributed by atoms with Gasteiger partial charge in [0.15, 0.2) is 0 Å². The Morgan fingerprint density at radius 3 is 2.67 bits per heavy atom. The molecule has 0 bridgehead atoms. The molecule has 1 saturated carbocycles. The van der Waals surface area contributed by atoms with E-state index in [1.807, 2.05) is 18.2 Å². The molecule has 5 nitrogen and oxygen atoms in total. The van der Waals surface area contributed by atoms with Crippen LogP contribution in [0.5, 0.6) is 0 Å². The standard InChI is InChI=1S/C17H19ClN2O3S/c18-13-5-3-4-12(10-13)17(6-1-2-7-17)15(22)19-8-9-20-14(21)11-24-16(20)23/h3-5,10H,1-2,6-9,11H2,(H,19,22). The molecule has 3 amide bonds. The number of benzene rings is 1. The van der Waals surface area contributed by atoms with E-state index in [4.69, 9.17) is 11.6 Å². The smallest absolute Gasteiger partial charge is 0.288 e. The number of halogens is 1. The first kappa shape index (κ1) is 17.3. The molecule has 0 spiro atoms. The van der Waals surface area contributed by atoms with Gasteiger partial charge in [-0.3, -0.25) is 19.3 Å². The van der Waals surface area contributed by atoms with E-state index in [0.29, 0.717) is 5.02 Å². The summed E-state index contributed by atoms with van der Waals surface area (Å²) >= 11 is 7.10. The molecule has 0 atom stereocenters. The fraction of sp³-hybridized carbons (Fsp3) is 0.471. The van der Waals surface area contributed by atoms with Gasteiger partial charge in [-0.25, -0.2) is 0 Å². The van der Waals surface area contributed by atoms with Crippen LogP contribution in [0.25, 0.3) is 0 Å². The van der Waals surface area contributed by atoms with E-state index in [1.165, 1.54) is 4.90 Å². The number of nitrogens with one attached hydrogen (secondary N) is 1. The zero-order valence-electron chi connectivity index (χ0n) is 13.2. The van der Waals surface area contributed by atoms with Crippen molar-refractivity contribution < 1.29 is 14.4 Å². The number of hydrogen-bond donors (Lipinski definition) is 1. The van der Waals surface area contributed by atoms with Crippen LogP contribution in [0.4, 0.5) is 4.79 Å². The van der Waals surface area contributed by atoms with Gasteiger partial charge in [-0.2, -0.15) is 0 Å². The molecular weight excluding hydrogens is 348 g/mol. The predicted molar refractivity (Wildman–Crippen MR) is 94.2 cm³/mol. The molecule has 1 heterocycles. The van der Waals surface area contributed by atoms with Crippen molar-refractivity contribution in [2.75, 3.05) is 18.8 Å². The maximum atomic E-state index is 12.9. The second-order valence-electron chi connectivity index (χ2n) is 6.16. The summed E-state index contributed by atoms with van der Waals surface area (Å²) in [7, 11) is 0. The summed E-state index contributed by atoms with van der Waals surface area (Å²) in [5.74, 6) is -0.0436. The Morgan fingerprint density at radius 1 is 1.29 bits per heavy atom. The zero-order chi connectivity index (χ0) is 17.2. The minimum absolute atomic E-state index is 0.0472. The molecule has 0 radical (unpaired) electrons. The van der Waals surface area contributed by atoms with Crippen molar-refractivity contribution in [2.24, 2.45) is 0 Å². The van der Waals surface area contributed by atoms with Gasteiger partial charge in [0, 0.05) is 18.1 Å². The van der Waals surface area contributed by atoms with Crippen molar-refractivity contribution >= 4 is 40.4 Å². The van der Waals surface area contributed by atoms with Crippen molar-refractivity contribution in [1.82, 2.24) is 10.2 Å². The van der Waals surface area contributed by atoms with Gasteiger partial charge in [0.05, 0.1) is 11.2 Å². The number of nitrogens with zero attached hydrogens (tertiary/aromatic N) is 1. The van der Waals surface area contributed by atoms with E-state index in [0.717, 1.165) is 43.0 Å². The van der Waals surface area contributed by atoms with Crippen LogP contribution in [-0.4, -0.2) is 40.8 Å². The highest BCUT2D eigenvalue weighted by atomic mass is 35.5. The molecule has 128 valence electrons.